The van der Waals surface area contributed by atoms with Gasteiger partial charge >= 0.3 is 0 Å². The Labute approximate surface area is 115 Å². The molecule has 0 atom stereocenters. The van der Waals surface area contributed by atoms with E-state index in [-0.39, 0.29) is 5.82 Å². The van der Waals surface area contributed by atoms with E-state index in [2.05, 4.69) is 0 Å². The van der Waals surface area contributed by atoms with Gasteiger partial charge in [0.25, 0.3) is 0 Å². The average molecular weight is 282 g/mol. The number of rotatable bonds is 3. The number of halogens is 2. The van der Waals surface area contributed by atoms with Crippen molar-refractivity contribution in [2.24, 2.45) is 0 Å². The summed E-state index contributed by atoms with van der Waals surface area (Å²) < 4.78 is 12.9. The number of aryl methyl sites for hydroxylation is 1. The average Bonchev–Trinajstić information content (AvgIpc) is 2.32. The highest BCUT2D eigenvalue weighted by Gasteiger charge is 2.04. The lowest BCUT2D eigenvalue weighted by Crippen LogP contribution is -1.89. The first-order chi connectivity index (χ1) is 8.56. The van der Waals surface area contributed by atoms with E-state index in [1.807, 2.05) is 25.1 Å². The Hall–Kier alpha value is -1.19. The third kappa shape index (κ3) is 3.18. The van der Waals surface area contributed by atoms with Crippen LogP contribution < -0.4 is 5.73 Å². The molecule has 0 aliphatic carbocycles. The molecule has 0 aromatic heterocycles. The number of nitrogens with two attached hydrogens (primary N) is 1. The fraction of sp³-hybridized carbons (Fsp3) is 0.143. The molecule has 18 heavy (non-hydrogen) atoms. The van der Waals surface area contributed by atoms with Gasteiger partial charge in [-0.15, -0.1) is 11.8 Å². The fourth-order valence-corrected chi connectivity index (χ4v) is 2.85. The molecule has 4 heteroatoms. The van der Waals surface area contributed by atoms with Crippen molar-refractivity contribution in [2.45, 2.75) is 17.6 Å². The molecule has 1 nitrogen and oxygen atoms in total. The van der Waals surface area contributed by atoms with Gasteiger partial charge in [0.2, 0.25) is 0 Å². The largest absolute Gasteiger partial charge is 0.399 e. The van der Waals surface area contributed by atoms with Crippen LogP contribution in [0.5, 0.6) is 0 Å². The van der Waals surface area contributed by atoms with Crippen molar-refractivity contribution in [3.8, 4) is 0 Å². The first-order valence-corrected chi connectivity index (χ1v) is 6.85. The van der Waals surface area contributed by atoms with E-state index in [0.717, 1.165) is 21.7 Å². The molecule has 0 saturated carbocycles. The van der Waals surface area contributed by atoms with E-state index in [9.17, 15) is 4.39 Å². The van der Waals surface area contributed by atoms with Gasteiger partial charge in [0.15, 0.2) is 0 Å². The van der Waals surface area contributed by atoms with Crippen LogP contribution >= 0.6 is 23.4 Å². The zero-order valence-electron chi connectivity index (χ0n) is 9.91. The predicted octanol–water partition coefficient (Wildman–Crippen LogP) is 4.66. The molecular formula is C14H13ClFNS. The Morgan fingerprint density at radius 1 is 1.22 bits per heavy atom. The summed E-state index contributed by atoms with van der Waals surface area (Å²) in [5.41, 5.74) is 8.54. The molecule has 0 unspecified atom stereocenters. The number of hydrogen-bond donors (Lipinski definition) is 1. The van der Waals surface area contributed by atoms with Gasteiger partial charge in [-0.3, -0.25) is 0 Å². The summed E-state index contributed by atoms with van der Waals surface area (Å²) in [6.45, 7) is 1.98. The highest BCUT2D eigenvalue weighted by Crippen LogP contribution is 2.28. The van der Waals surface area contributed by atoms with Crippen LogP contribution in [0.1, 0.15) is 11.1 Å². The molecule has 2 aromatic rings. The summed E-state index contributed by atoms with van der Waals surface area (Å²) in [6.07, 6.45) is 0. The lowest BCUT2D eigenvalue weighted by molar-refractivity contribution is 0.627. The molecule has 0 saturated heterocycles. The topological polar surface area (TPSA) is 26.0 Å². The molecule has 94 valence electrons. The highest BCUT2D eigenvalue weighted by molar-refractivity contribution is 7.98. The minimum absolute atomic E-state index is 0.308. The van der Waals surface area contributed by atoms with Gasteiger partial charge in [-0.05, 0) is 48.4 Å². The summed E-state index contributed by atoms with van der Waals surface area (Å²) in [5.74, 6) is 0.403. The molecule has 2 N–H and O–H groups in total. The van der Waals surface area contributed by atoms with Gasteiger partial charge in [-0.2, -0.15) is 0 Å². The number of hydrogen-bond acceptors (Lipinski definition) is 2. The van der Waals surface area contributed by atoms with E-state index in [1.54, 1.807) is 17.8 Å². The molecule has 0 amide bonds. The second kappa shape index (κ2) is 5.63. The van der Waals surface area contributed by atoms with E-state index in [1.165, 1.54) is 12.1 Å². The maximum atomic E-state index is 12.9. The lowest BCUT2D eigenvalue weighted by Gasteiger charge is -2.06. The molecular weight excluding hydrogens is 269 g/mol. The monoisotopic (exact) mass is 281 g/mol. The minimum atomic E-state index is -0.308. The van der Waals surface area contributed by atoms with Gasteiger partial charge < -0.3 is 5.73 Å². The van der Waals surface area contributed by atoms with E-state index in [0.29, 0.717) is 10.8 Å². The predicted molar refractivity (Wildman–Crippen MR) is 76.6 cm³/mol. The molecule has 2 rings (SSSR count). The first kappa shape index (κ1) is 13.2. The summed E-state index contributed by atoms with van der Waals surface area (Å²) in [7, 11) is 0. The molecule has 0 heterocycles. The number of anilines is 1. The summed E-state index contributed by atoms with van der Waals surface area (Å²) in [5, 5.41) is 0.467. The van der Waals surface area contributed by atoms with Crippen LogP contribution in [0.15, 0.2) is 41.3 Å². The third-order valence-corrected chi connectivity index (χ3v) is 4.05. The van der Waals surface area contributed by atoms with Crippen molar-refractivity contribution in [1.29, 1.82) is 0 Å². The minimum Gasteiger partial charge on any atom is -0.399 e. The van der Waals surface area contributed by atoms with Crippen LogP contribution in [0.25, 0.3) is 0 Å². The molecule has 0 radical (unpaired) electrons. The Morgan fingerprint density at radius 2 is 2.00 bits per heavy atom. The fourth-order valence-electron chi connectivity index (χ4n) is 1.54. The van der Waals surface area contributed by atoms with Crippen LogP contribution in [-0.2, 0) is 5.75 Å². The Bertz CT molecular complexity index is 572. The standard InChI is InChI=1S/C14H13ClFNS/c1-9-6-12(4-5-14(9)17)18-8-10-2-3-11(16)7-13(10)15/h2-7H,8,17H2,1H3. The van der Waals surface area contributed by atoms with Gasteiger partial charge in [0, 0.05) is 21.4 Å². The number of thioether (sulfide) groups is 1. The van der Waals surface area contributed by atoms with Crippen LogP contribution in [0.2, 0.25) is 5.02 Å². The molecule has 0 aliphatic heterocycles. The maximum Gasteiger partial charge on any atom is 0.124 e. The van der Waals surface area contributed by atoms with E-state index >= 15 is 0 Å². The number of nitrogen functional groups attached to an aromatic ring is 1. The van der Waals surface area contributed by atoms with Gasteiger partial charge in [-0.25, -0.2) is 4.39 Å². The normalized spacial score (nSPS) is 10.6. The second-order valence-corrected chi connectivity index (χ2v) is 5.50. The first-order valence-electron chi connectivity index (χ1n) is 5.49. The lowest BCUT2D eigenvalue weighted by atomic mass is 10.2. The zero-order chi connectivity index (χ0) is 13.1. The van der Waals surface area contributed by atoms with Gasteiger partial charge in [-0.1, -0.05) is 17.7 Å². The van der Waals surface area contributed by atoms with Crippen molar-refractivity contribution in [3.05, 3.63) is 58.4 Å². The van der Waals surface area contributed by atoms with E-state index in [4.69, 9.17) is 17.3 Å². The van der Waals surface area contributed by atoms with Crippen LogP contribution in [0.4, 0.5) is 10.1 Å². The van der Waals surface area contributed by atoms with Crippen molar-refractivity contribution < 1.29 is 4.39 Å². The zero-order valence-corrected chi connectivity index (χ0v) is 11.5. The Morgan fingerprint density at radius 3 is 2.67 bits per heavy atom. The quantitative estimate of drug-likeness (QED) is 0.654. The van der Waals surface area contributed by atoms with Crippen molar-refractivity contribution in [3.63, 3.8) is 0 Å². The Balaban J connectivity index is 2.09. The summed E-state index contributed by atoms with van der Waals surface area (Å²) >= 11 is 7.63. The van der Waals surface area contributed by atoms with Gasteiger partial charge in [0.05, 0.1) is 0 Å². The van der Waals surface area contributed by atoms with Gasteiger partial charge in [0.1, 0.15) is 5.82 Å². The third-order valence-electron chi connectivity index (χ3n) is 2.65. The molecule has 0 aliphatic rings. The maximum absolute atomic E-state index is 12.9. The highest BCUT2D eigenvalue weighted by atomic mass is 35.5. The van der Waals surface area contributed by atoms with Crippen molar-refractivity contribution >= 4 is 29.1 Å². The molecule has 2 aromatic carbocycles. The molecule has 0 bridgehead atoms. The van der Waals surface area contributed by atoms with Crippen LogP contribution in [0, 0.1) is 12.7 Å². The van der Waals surface area contributed by atoms with E-state index < -0.39 is 0 Å². The molecule has 0 spiro atoms. The van der Waals surface area contributed by atoms with Crippen LogP contribution in [0.3, 0.4) is 0 Å². The van der Waals surface area contributed by atoms with Crippen molar-refractivity contribution in [1.82, 2.24) is 0 Å². The molecule has 0 fully saturated rings. The second-order valence-electron chi connectivity index (χ2n) is 4.04. The van der Waals surface area contributed by atoms with Crippen LogP contribution in [-0.4, -0.2) is 0 Å². The SMILES string of the molecule is Cc1cc(SCc2ccc(F)cc2Cl)ccc1N. The number of benzene rings is 2. The smallest absolute Gasteiger partial charge is 0.124 e. The summed E-state index contributed by atoms with van der Waals surface area (Å²) in [4.78, 5) is 1.13. The Kier molecular flexibility index (Phi) is 4.15. The summed E-state index contributed by atoms with van der Waals surface area (Å²) in [6, 6.07) is 10.4. The van der Waals surface area contributed by atoms with Crippen molar-refractivity contribution in [2.75, 3.05) is 5.73 Å².